The molecule has 1 unspecified atom stereocenters. The van der Waals surface area contributed by atoms with Crippen LogP contribution in [0.25, 0.3) is 0 Å². The Balaban J connectivity index is 2.16. The van der Waals surface area contributed by atoms with E-state index in [-0.39, 0.29) is 10.9 Å². The van der Waals surface area contributed by atoms with Gasteiger partial charge in [-0.3, -0.25) is 4.21 Å². The molecule has 16 heavy (non-hydrogen) atoms. The summed E-state index contributed by atoms with van der Waals surface area (Å²) in [5.74, 6) is -0.502. The summed E-state index contributed by atoms with van der Waals surface area (Å²) in [6.45, 7) is 1.27. The van der Waals surface area contributed by atoms with Gasteiger partial charge in [-0.05, 0) is 31.0 Å². The highest BCUT2D eigenvalue weighted by molar-refractivity contribution is 7.85. The molecule has 2 N–H and O–H groups in total. The molecule has 1 saturated heterocycles. The minimum absolute atomic E-state index is 0.0665. The molecule has 0 saturated carbocycles. The molecule has 0 amide bonds. The summed E-state index contributed by atoms with van der Waals surface area (Å²) in [6.07, 6.45) is 1.53. The Morgan fingerprint density at radius 3 is 2.69 bits per heavy atom. The molecular formula is C11H14FNO2S. The van der Waals surface area contributed by atoms with E-state index < -0.39 is 16.6 Å². The Kier molecular flexibility index (Phi) is 3.56. The second kappa shape index (κ2) is 4.93. The van der Waals surface area contributed by atoms with Crippen molar-refractivity contribution in [2.75, 3.05) is 18.9 Å². The summed E-state index contributed by atoms with van der Waals surface area (Å²) in [6, 6.07) is 4.35. The van der Waals surface area contributed by atoms with Gasteiger partial charge in [0.05, 0.1) is 16.5 Å². The van der Waals surface area contributed by atoms with Gasteiger partial charge in [0, 0.05) is 23.4 Å². The van der Waals surface area contributed by atoms with Crippen LogP contribution in [-0.2, 0) is 15.5 Å². The first-order valence-corrected chi connectivity index (χ1v) is 6.43. The standard InChI is InChI=1S/C11H14FNO2S/c12-10-7-9(1-2-11(10)13)16(14)8-3-5-15-6-4-8/h1-2,7-8H,3-6,13H2. The quantitative estimate of drug-likeness (QED) is 0.804. The van der Waals surface area contributed by atoms with E-state index in [1.807, 2.05) is 0 Å². The molecule has 0 bridgehead atoms. The maximum absolute atomic E-state index is 13.2. The SMILES string of the molecule is Nc1ccc(S(=O)C2CCOCC2)cc1F. The summed E-state index contributed by atoms with van der Waals surface area (Å²) >= 11 is 0. The van der Waals surface area contributed by atoms with Crippen molar-refractivity contribution in [3.63, 3.8) is 0 Å². The predicted octanol–water partition coefficient (Wildman–Crippen LogP) is 1.69. The van der Waals surface area contributed by atoms with E-state index in [0.717, 1.165) is 12.8 Å². The molecule has 2 rings (SSSR count). The van der Waals surface area contributed by atoms with Crippen molar-refractivity contribution in [1.82, 2.24) is 0 Å². The lowest BCUT2D eigenvalue weighted by atomic mass is 10.2. The van der Waals surface area contributed by atoms with Crippen LogP contribution in [0.5, 0.6) is 0 Å². The molecule has 1 heterocycles. The number of nitrogens with two attached hydrogens (primary N) is 1. The van der Waals surface area contributed by atoms with E-state index >= 15 is 0 Å². The van der Waals surface area contributed by atoms with E-state index in [2.05, 4.69) is 0 Å². The second-order valence-corrected chi connectivity index (χ2v) is 5.53. The zero-order chi connectivity index (χ0) is 11.5. The number of ether oxygens (including phenoxy) is 1. The molecule has 5 heteroatoms. The van der Waals surface area contributed by atoms with Gasteiger partial charge in [0.1, 0.15) is 5.82 Å². The zero-order valence-electron chi connectivity index (χ0n) is 8.82. The zero-order valence-corrected chi connectivity index (χ0v) is 9.63. The van der Waals surface area contributed by atoms with Crippen molar-refractivity contribution in [3.05, 3.63) is 24.0 Å². The number of benzene rings is 1. The number of hydrogen-bond donors (Lipinski definition) is 1. The third-order valence-electron chi connectivity index (χ3n) is 2.68. The van der Waals surface area contributed by atoms with Crippen LogP contribution in [-0.4, -0.2) is 22.7 Å². The smallest absolute Gasteiger partial charge is 0.147 e. The van der Waals surface area contributed by atoms with Crippen LogP contribution in [0.3, 0.4) is 0 Å². The van der Waals surface area contributed by atoms with E-state index in [4.69, 9.17) is 10.5 Å². The van der Waals surface area contributed by atoms with E-state index in [9.17, 15) is 8.60 Å². The van der Waals surface area contributed by atoms with Gasteiger partial charge in [0.2, 0.25) is 0 Å². The molecule has 1 aromatic carbocycles. The summed E-state index contributed by atoms with van der Waals surface area (Å²) in [7, 11) is -1.16. The van der Waals surface area contributed by atoms with Crippen LogP contribution in [0.4, 0.5) is 10.1 Å². The Hall–Kier alpha value is -0.940. The van der Waals surface area contributed by atoms with Crippen LogP contribution in [0, 0.1) is 5.82 Å². The normalized spacial score (nSPS) is 19.6. The Morgan fingerprint density at radius 2 is 2.06 bits per heavy atom. The van der Waals surface area contributed by atoms with Gasteiger partial charge in [0.15, 0.2) is 0 Å². The molecule has 3 nitrogen and oxygen atoms in total. The fourth-order valence-electron chi connectivity index (χ4n) is 1.72. The summed E-state index contributed by atoms with van der Waals surface area (Å²) in [5, 5.41) is 0.0665. The molecule has 1 aliphatic rings. The van der Waals surface area contributed by atoms with E-state index in [0.29, 0.717) is 18.1 Å². The molecule has 0 spiro atoms. The molecule has 1 aliphatic heterocycles. The first kappa shape index (κ1) is 11.5. The number of rotatable bonds is 2. The highest BCUT2D eigenvalue weighted by Crippen LogP contribution is 2.22. The number of halogens is 1. The van der Waals surface area contributed by atoms with E-state index in [1.54, 1.807) is 6.07 Å². The van der Waals surface area contributed by atoms with Crippen LogP contribution in [0.2, 0.25) is 0 Å². The van der Waals surface area contributed by atoms with Gasteiger partial charge in [0.25, 0.3) is 0 Å². The summed E-state index contributed by atoms with van der Waals surface area (Å²) in [5.41, 5.74) is 5.46. The van der Waals surface area contributed by atoms with Gasteiger partial charge < -0.3 is 10.5 Å². The van der Waals surface area contributed by atoms with Crippen LogP contribution < -0.4 is 5.73 Å². The molecule has 0 radical (unpaired) electrons. The Morgan fingerprint density at radius 1 is 1.38 bits per heavy atom. The molecule has 88 valence electrons. The minimum Gasteiger partial charge on any atom is -0.396 e. The highest BCUT2D eigenvalue weighted by atomic mass is 32.2. The van der Waals surface area contributed by atoms with Crippen molar-refractivity contribution in [3.8, 4) is 0 Å². The fourth-order valence-corrected chi connectivity index (χ4v) is 3.14. The predicted molar refractivity (Wildman–Crippen MR) is 61.1 cm³/mol. The van der Waals surface area contributed by atoms with Crippen molar-refractivity contribution < 1.29 is 13.3 Å². The molecule has 1 fully saturated rings. The minimum atomic E-state index is -1.16. The first-order valence-electron chi connectivity index (χ1n) is 5.22. The van der Waals surface area contributed by atoms with Gasteiger partial charge >= 0.3 is 0 Å². The number of nitrogen functional groups attached to an aromatic ring is 1. The maximum atomic E-state index is 13.2. The largest absolute Gasteiger partial charge is 0.396 e. The monoisotopic (exact) mass is 243 g/mol. The Labute approximate surface area is 96.2 Å². The number of hydrogen-bond acceptors (Lipinski definition) is 3. The summed E-state index contributed by atoms with van der Waals surface area (Å²) < 4.78 is 30.5. The van der Waals surface area contributed by atoms with Crippen molar-refractivity contribution in [1.29, 1.82) is 0 Å². The molecule has 1 aromatic rings. The Bertz CT molecular complexity index is 405. The number of anilines is 1. The lowest BCUT2D eigenvalue weighted by Crippen LogP contribution is -2.25. The average Bonchev–Trinajstić information content (AvgIpc) is 2.33. The van der Waals surface area contributed by atoms with Gasteiger partial charge in [-0.2, -0.15) is 0 Å². The third kappa shape index (κ3) is 2.41. The van der Waals surface area contributed by atoms with E-state index in [1.165, 1.54) is 12.1 Å². The van der Waals surface area contributed by atoms with Gasteiger partial charge in [-0.1, -0.05) is 0 Å². The maximum Gasteiger partial charge on any atom is 0.147 e. The fraction of sp³-hybridized carbons (Fsp3) is 0.455. The van der Waals surface area contributed by atoms with Crippen LogP contribution >= 0.6 is 0 Å². The second-order valence-electron chi connectivity index (χ2n) is 3.79. The van der Waals surface area contributed by atoms with Crippen molar-refractivity contribution in [2.45, 2.75) is 23.0 Å². The third-order valence-corrected chi connectivity index (χ3v) is 4.47. The molecular weight excluding hydrogens is 229 g/mol. The van der Waals surface area contributed by atoms with Crippen molar-refractivity contribution >= 4 is 16.5 Å². The molecule has 0 aliphatic carbocycles. The lowest BCUT2D eigenvalue weighted by Gasteiger charge is -2.21. The molecule has 1 atom stereocenters. The highest BCUT2D eigenvalue weighted by Gasteiger charge is 2.21. The summed E-state index contributed by atoms with van der Waals surface area (Å²) in [4.78, 5) is 0.513. The van der Waals surface area contributed by atoms with Gasteiger partial charge in [-0.25, -0.2) is 4.39 Å². The lowest BCUT2D eigenvalue weighted by molar-refractivity contribution is 0.0992. The van der Waals surface area contributed by atoms with Crippen molar-refractivity contribution in [2.24, 2.45) is 0 Å². The molecule has 0 aromatic heterocycles. The van der Waals surface area contributed by atoms with Crippen LogP contribution in [0.1, 0.15) is 12.8 Å². The first-order chi connectivity index (χ1) is 7.68. The average molecular weight is 243 g/mol. The topological polar surface area (TPSA) is 52.3 Å². The van der Waals surface area contributed by atoms with Crippen LogP contribution in [0.15, 0.2) is 23.1 Å². The van der Waals surface area contributed by atoms with Gasteiger partial charge in [-0.15, -0.1) is 0 Å².